The maximum Gasteiger partial charge on any atom is 0.270 e. The van der Waals surface area contributed by atoms with Crippen LogP contribution in [0.5, 0.6) is 0 Å². The van der Waals surface area contributed by atoms with Crippen molar-refractivity contribution in [2.75, 3.05) is 5.32 Å². The summed E-state index contributed by atoms with van der Waals surface area (Å²) in [6, 6.07) is 10.6. The van der Waals surface area contributed by atoms with Crippen LogP contribution in [0.4, 0.5) is 17.2 Å². The summed E-state index contributed by atoms with van der Waals surface area (Å²) in [6.07, 6.45) is 1.45. The van der Waals surface area contributed by atoms with Gasteiger partial charge in [-0.25, -0.2) is 9.97 Å². The molecule has 0 unspecified atom stereocenters. The highest BCUT2D eigenvalue weighted by Crippen LogP contribution is 2.28. The molecule has 0 radical (unpaired) electrons. The fourth-order valence-electron chi connectivity index (χ4n) is 2.26. The summed E-state index contributed by atoms with van der Waals surface area (Å²) >= 11 is 0. The lowest BCUT2D eigenvalue weighted by atomic mass is 10.1. The molecule has 0 saturated carbocycles. The summed E-state index contributed by atoms with van der Waals surface area (Å²) in [6.45, 7) is 4.00. The highest BCUT2D eigenvalue weighted by molar-refractivity contribution is 5.92. The minimum atomic E-state index is -0.422. The van der Waals surface area contributed by atoms with Crippen molar-refractivity contribution in [3.8, 4) is 0 Å². The molecule has 6 nitrogen and oxygen atoms in total. The second kappa shape index (κ2) is 5.40. The Morgan fingerprint density at radius 1 is 1.09 bits per heavy atom. The van der Waals surface area contributed by atoms with Crippen molar-refractivity contribution in [3.05, 3.63) is 64.0 Å². The van der Waals surface area contributed by atoms with Crippen LogP contribution in [0.25, 0.3) is 10.9 Å². The Morgan fingerprint density at radius 2 is 1.91 bits per heavy atom. The normalized spacial score (nSPS) is 10.6. The third-order valence-electron chi connectivity index (χ3n) is 3.48. The van der Waals surface area contributed by atoms with Crippen LogP contribution in [0, 0.1) is 24.0 Å². The third kappa shape index (κ3) is 2.58. The first-order valence-corrected chi connectivity index (χ1v) is 6.78. The molecule has 0 saturated heterocycles. The first-order valence-electron chi connectivity index (χ1n) is 6.78. The van der Waals surface area contributed by atoms with Gasteiger partial charge in [-0.1, -0.05) is 12.1 Å². The summed E-state index contributed by atoms with van der Waals surface area (Å²) in [4.78, 5) is 18.9. The molecule has 22 heavy (non-hydrogen) atoms. The van der Waals surface area contributed by atoms with E-state index in [1.807, 2.05) is 32.0 Å². The van der Waals surface area contributed by atoms with E-state index in [0.717, 1.165) is 16.8 Å². The molecule has 1 aromatic heterocycles. The van der Waals surface area contributed by atoms with Crippen molar-refractivity contribution >= 4 is 28.1 Å². The lowest BCUT2D eigenvalue weighted by Crippen LogP contribution is -1.99. The van der Waals surface area contributed by atoms with Gasteiger partial charge >= 0.3 is 0 Å². The van der Waals surface area contributed by atoms with Crippen molar-refractivity contribution in [1.29, 1.82) is 0 Å². The third-order valence-corrected chi connectivity index (χ3v) is 3.48. The highest BCUT2D eigenvalue weighted by atomic mass is 16.6. The summed E-state index contributed by atoms with van der Waals surface area (Å²) in [5, 5.41) is 14.8. The van der Waals surface area contributed by atoms with E-state index >= 15 is 0 Å². The van der Waals surface area contributed by atoms with E-state index in [4.69, 9.17) is 0 Å². The molecule has 3 aromatic rings. The Balaban J connectivity index is 2.12. The van der Waals surface area contributed by atoms with E-state index in [2.05, 4.69) is 15.3 Å². The lowest BCUT2D eigenvalue weighted by molar-refractivity contribution is -0.384. The molecule has 2 aromatic carbocycles. The van der Waals surface area contributed by atoms with Crippen molar-refractivity contribution < 1.29 is 4.92 Å². The predicted octanol–water partition coefficient (Wildman–Crippen LogP) is 3.90. The molecular formula is C16H14N4O2. The number of fused-ring (bicyclic) bond motifs is 1. The van der Waals surface area contributed by atoms with Gasteiger partial charge in [-0.15, -0.1) is 0 Å². The maximum atomic E-state index is 11.0. The number of nitrogens with zero attached hydrogens (tertiary/aromatic N) is 3. The minimum absolute atomic E-state index is 0.0197. The smallest absolute Gasteiger partial charge is 0.270 e. The SMILES string of the molecule is Cc1ccc(C)c(Nc2ncnc3ccc([N+](=O)[O-])cc23)c1. The molecule has 0 atom stereocenters. The number of benzene rings is 2. The highest BCUT2D eigenvalue weighted by Gasteiger charge is 2.11. The van der Waals surface area contributed by atoms with Gasteiger partial charge in [0.2, 0.25) is 0 Å². The van der Waals surface area contributed by atoms with Crippen LogP contribution in [0.1, 0.15) is 11.1 Å². The van der Waals surface area contributed by atoms with E-state index in [1.54, 1.807) is 6.07 Å². The fourth-order valence-corrected chi connectivity index (χ4v) is 2.26. The van der Waals surface area contributed by atoms with Gasteiger partial charge in [0.15, 0.2) is 0 Å². The zero-order valence-electron chi connectivity index (χ0n) is 12.2. The first-order chi connectivity index (χ1) is 10.5. The lowest BCUT2D eigenvalue weighted by Gasteiger charge is -2.11. The molecule has 0 aliphatic carbocycles. The largest absolute Gasteiger partial charge is 0.339 e. The number of aromatic nitrogens is 2. The molecule has 0 aliphatic rings. The molecular weight excluding hydrogens is 280 g/mol. The topological polar surface area (TPSA) is 81.0 Å². The van der Waals surface area contributed by atoms with Crippen LogP contribution in [0.3, 0.4) is 0 Å². The zero-order valence-corrected chi connectivity index (χ0v) is 12.2. The number of non-ortho nitro benzene ring substituents is 1. The Hall–Kier alpha value is -3.02. The molecule has 0 spiro atoms. The maximum absolute atomic E-state index is 11.0. The number of anilines is 2. The number of nitrogens with one attached hydrogen (secondary N) is 1. The van der Waals surface area contributed by atoms with Crippen LogP contribution in [0.15, 0.2) is 42.7 Å². The van der Waals surface area contributed by atoms with Crippen LogP contribution >= 0.6 is 0 Å². The average molecular weight is 294 g/mol. The number of aryl methyl sites for hydroxylation is 2. The van der Waals surface area contributed by atoms with Gasteiger partial charge in [-0.3, -0.25) is 10.1 Å². The van der Waals surface area contributed by atoms with E-state index in [0.29, 0.717) is 16.7 Å². The number of nitro groups is 1. The molecule has 6 heteroatoms. The van der Waals surface area contributed by atoms with Crippen LogP contribution in [0.2, 0.25) is 0 Å². The van der Waals surface area contributed by atoms with Gasteiger partial charge in [-0.05, 0) is 37.1 Å². The van der Waals surface area contributed by atoms with Gasteiger partial charge in [0.05, 0.1) is 10.4 Å². The monoisotopic (exact) mass is 294 g/mol. The summed E-state index contributed by atoms with van der Waals surface area (Å²) in [5.74, 6) is 0.558. The Morgan fingerprint density at radius 3 is 2.68 bits per heavy atom. The van der Waals surface area contributed by atoms with Gasteiger partial charge in [0.25, 0.3) is 5.69 Å². The molecule has 1 heterocycles. The van der Waals surface area contributed by atoms with Crippen molar-refractivity contribution in [1.82, 2.24) is 9.97 Å². The number of hydrogen-bond acceptors (Lipinski definition) is 5. The molecule has 0 fully saturated rings. The Bertz CT molecular complexity index is 877. The van der Waals surface area contributed by atoms with Gasteiger partial charge in [0, 0.05) is 23.2 Å². The average Bonchev–Trinajstić information content (AvgIpc) is 2.50. The summed E-state index contributed by atoms with van der Waals surface area (Å²) in [7, 11) is 0. The van der Waals surface area contributed by atoms with Crippen LogP contribution < -0.4 is 5.32 Å². The molecule has 0 aliphatic heterocycles. The number of hydrogen-bond donors (Lipinski definition) is 1. The zero-order chi connectivity index (χ0) is 15.7. The second-order valence-electron chi connectivity index (χ2n) is 5.12. The standard InChI is InChI=1S/C16H14N4O2/c1-10-3-4-11(2)15(7-10)19-16-13-8-12(20(21)22)5-6-14(13)17-9-18-16/h3-9H,1-2H3,(H,17,18,19). The van der Waals surface area contributed by atoms with E-state index in [9.17, 15) is 10.1 Å². The minimum Gasteiger partial charge on any atom is -0.339 e. The molecule has 3 rings (SSSR count). The number of rotatable bonds is 3. The summed E-state index contributed by atoms with van der Waals surface area (Å²) < 4.78 is 0. The summed E-state index contributed by atoms with van der Waals surface area (Å²) in [5.41, 5.74) is 3.80. The Labute approximate surface area is 127 Å². The van der Waals surface area contributed by atoms with E-state index in [-0.39, 0.29) is 5.69 Å². The van der Waals surface area contributed by atoms with E-state index in [1.165, 1.54) is 18.5 Å². The van der Waals surface area contributed by atoms with Gasteiger partial charge in [-0.2, -0.15) is 0 Å². The van der Waals surface area contributed by atoms with Crippen LogP contribution in [-0.2, 0) is 0 Å². The van der Waals surface area contributed by atoms with E-state index < -0.39 is 4.92 Å². The van der Waals surface area contributed by atoms with Crippen molar-refractivity contribution in [3.63, 3.8) is 0 Å². The van der Waals surface area contributed by atoms with Gasteiger partial charge < -0.3 is 5.32 Å². The molecule has 0 bridgehead atoms. The second-order valence-corrected chi connectivity index (χ2v) is 5.12. The predicted molar refractivity (Wildman–Crippen MR) is 85.4 cm³/mol. The number of nitro benzene ring substituents is 1. The first kappa shape index (κ1) is 13.9. The van der Waals surface area contributed by atoms with Crippen LogP contribution in [-0.4, -0.2) is 14.9 Å². The molecule has 110 valence electrons. The quantitative estimate of drug-likeness (QED) is 0.585. The van der Waals surface area contributed by atoms with Gasteiger partial charge in [0.1, 0.15) is 12.1 Å². The fraction of sp³-hybridized carbons (Fsp3) is 0.125. The molecule has 0 amide bonds. The van der Waals surface area contributed by atoms with Crippen molar-refractivity contribution in [2.24, 2.45) is 0 Å². The molecule has 1 N–H and O–H groups in total. The Kier molecular flexibility index (Phi) is 3.42. The van der Waals surface area contributed by atoms with Crippen molar-refractivity contribution in [2.45, 2.75) is 13.8 Å².